The number of nitrogens with zero attached hydrogens (tertiary/aromatic N) is 4. The van der Waals surface area contributed by atoms with Crippen LogP contribution in [0.2, 0.25) is 0 Å². The second-order valence-electron chi connectivity index (χ2n) is 12.8. The summed E-state index contributed by atoms with van der Waals surface area (Å²) in [5.74, 6) is 0.304. The first kappa shape index (κ1) is 29.1. The predicted octanol–water partition coefficient (Wildman–Crippen LogP) is 4.46. The van der Waals surface area contributed by atoms with E-state index in [0.29, 0.717) is 37.4 Å². The maximum absolute atomic E-state index is 14.4. The number of hydrogen-bond donors (Lipinski definition) is 2. The summed E-state index contributed by atoms with van der Waals surface area (Å²) in [4.78, 5) is 18.1. The summed E-state index contributed by atoms with van der Waals surface area (Å²) in [7, 11) is 3.83. The second-order valence-corrected chi connectivity index (χ2v) is 12.8. The first-order chi connectivity index (χ1) is 19.5. The van der Waals surface area contributed by atoms with Crippen molar-refractivity contribution in [1.29, 1.82) is 0 Å². The number of methoxy groups -OCH3 is 1. The van der Waals surface area contributed by atoms with Crippen LogP contribution in [0, 0.1) is 11.3 Å². The fourth-order valence-electron chi connectivity index (χ4n) is 8.14. The predicted molar refractivity (Wildman–Crippen MR) is 147 cm³/mol. The normalized spacial score (nSPS) is 33.3. The molecule has 2 aromatic rings. The molecular formula is C29H42F4N6O2. The van der Waals surface area contributed by atoms with E-state index in [0.717, 1.165) is 45.2 Å². The Kier molecular flexibility index (Phi) is 7.76. The molecule has 0 aromatic carbocycles. The van der Waals surface area contributed by atoms with Crippen LogP contribution in [0.3, 0.4) is 0 Å². The summed E-state index contributed by atoms with van der Waals surface area (Å²) >= 11 is 0. The van der Waals surface area contributed by atoms with Crippen LogP contribution < -0.4 is 16.5 Å². The quantitative estimate of drug-likeness (QED) is 0.491. The molecule has 8 nitrogen and oxygen atoms in total. The summed E-state index contributed by atoms with van der Waals surface area (Å²) in [6.07, 6.45) is 3.81. The lowest BCUT2D eigenvalue weighted by molar-refractivity contribution is -0.140. The first-order valence-corrected chi connectivity index (χ1v) is 15.0. The average Bonchev–Trinajstić information content (AvgIpc) is 3.50. The molecule has 0 amide bonds. The zero-order chi connectivity index (χ0) is 29.1. The molecule has 2 aliphatic heterocycles. The van der Waals surface area contributed by atoms with Crippen molar-refractivity contribution >= 4 is 5.52 Å². The van der Waals surface area contributed by atoms with Crippen molar-refractivity contribution in [3.8, 4) is 0 Å². The van der Waals surface area contributed by atoms with E-state index in [1.54, 1.807) is 17.9 Å². The third-order valence-corrected chi connectivity index (χ3v) is 10.6. The van der Waals surface area contributed by atoms with Crippen LogP contribution >= 0.6 is 0 Å². The Hall–Kier alpha value is -1.99. The minimum atomic E-state index is -4.61. The van der Waals surface area contributed by atoms with Gasteiger partial charge in [-0.05, 0) is 76.5 Å². The van der Waals surface area contributed by atoms with Crippen molar-refractivity contribution in [1.82, 2.24) is 29.6 Å². The summed E-state index contributed by atoms with van der Waals surface area (Å²) in [6.45, 7) is 3.53. The third-order valence-electron chi connectivity index (χ3n) is 10.6. The molecule has 228 valence electrons. The van der Waals surface area contributed by atoms with E-state index in [1.807, 2.05) is 11.8 Å². The molecule has 2 saturated carbocycles. The lowest BCUT2D eigenvalue weighted by Crippen LogP contribution is -2.62. The number of pyridine rings is 1. The Morgan fingerprint density at radius 1 is 1.12 bits per heavy atom. The van der Waals surface area contributed by atoms with Gasteiger partial charge in [-0.15, -0.1) is 0 Å². The highest BCUT2D eigenvalue weighted by Gasteiger charge is 2.57. The number of hydrogen-bond acceptors (Lipinski definition) is 6. The Labute approximate surface area is 238 Å². The van der Waals surface area contributed by atoms with E-state index in [1.165, 1.54) is 16.7 Å². The van der Waals surface area contributed by atoms with Gasteiger partial charge in [-0.25, -0.2) is 20.0 Å². The van der Waals surface area contributed by atoms with E-state index < -0.39 is 23.6 Å². The topological polar surface area (TPSA) is 66.2 Å². The van der Waals surface area contributed by atoms with E-state index >= 15 is 0 Å². The lowest BCUT2D eigenvalue weighted by Gasteiger charge is -2.57. The number of ether oxygens (including phenoxy) is 1. The van der Waals surface area contributed by atoms with Crippen LogP contribution in [0.5, 0.6) is 0 Å². The van der Waals surface area contributed by atoms with Gasteiger partial charge in [0.15, 0.2) is 0 Å². The van der Waals surface area contributed by atoms with E-state index in [4.69, 9.17) is 4.74 Å². The Morgan fingerprint density at radius 2 is 1.85 bits per heavy atom. The van der Waals surface area contributed by atoms with E-state index in [2.05, 4.69) is 22.8 Å². The number of rotatable bonds is 6. The van der Waals surface area contributed by atoms with Gasteiger partial charge in [0, 0.05) is 50.1 Å². The van der Waals surface area contributed by atoms with Gasteiger partial charge in [0.25, 0.3) is 0 Å². The van der Waals surface area contributed by atoms with Crippen LogP contribution in [-0.2, 0) is 10.9 Å². The second kappa shape index (κ2) is 10.9. The molecule has 0 radical (unpaired) electrons. The van der Waals surface area contributed by atoms with Gasteiger partial charge in [0.2, 0.25) is 0 Å². The molecule has 4 atom stereocenters. The standard InChI is InChI=1S/C29H42F4N6O2/c1-18(37-9-7-21(30)8-10-37)19-11-24(29(31,32)33)25-16-38(27(40)39(25)15-19)22-6-4-5-20(12-22)28(13-23(14-28)41-3)26-35-34-17-36(26)2/h11,15-16,18,20-23,26,34-35H,4-10,12-14,17H2,1-3H3/t18-,20?,22?,23?,26?,28?/m1/s1. The highest BCUT2D eigenvalue weighted by atomic mass is 19.4. The molecule has 0 bridgehead atoms. The van der Waals surface area contributed by atoms with Crippen molar-refractivity contribution in [3.05, 3.63) is 40.1 Å². The number of nitrogens with one attached hydrogen (secondary N) is 2. The van der Waals surface area contributed by atoms with Crippen LogP contribution in [0.4, 0.5) is 17.6 Å². The van der Waals surface area contributed by atoms with Crippen molar-refractivity contribution in [2.24, 2.45) is 11.3 Å². The largest absolute Gasteiger partial charge is 0.418 e. The van der Waals surface area contributed by atoms with Crippen LogP contribution in [0.1, 0.15) is 81.5 Å². The summed E-state index contributed by atoms with van der Waals surface area (Å²) < 4.78 is 65.3. The van der Waals surface area contributed by atoms with Crippen molar-refractivity contribution in [3.63, 3.8) is 0 Å². The summed E-state index contributed by atoms with van der Waals surface area (Å²) in [6, 6.07) is 0.640. The van der Waals surface area contributed by atoms with Crippen LogP contribution in [0.25, 0.3) is 5.52 Å². The number of alkyl halides is 4. The number of likely N-dealkylation sites (tertiary alicyclic amines) is 1. The molecular weight excluding hydrogens is 540 g/mol. The molecule has 0 spiro atoms. The minimum absolute atomic E-state index is 0.0346. The Bertz CT molecular complexity index is 1300. The Morgan fingerprint density at radius 3 is 2.49 bits per heavy atom. The van der Waals surface area contributed by atoms with Crippen LogP contribution in [-0.4, -0.2) is 71.1 Å². The number of halogens is 4. The molecule has 4 heterocycles. The lowest BCUT2D eigenvalue weighted by atomic mass is 9.54. The average molecular weight is 583 g/mol. The van der Waals surface area contributed by atoms with Gasteiger partial charge in [0.1, 0.15) is 6.17 Å². The van der Waals surface area contributed by atoms with Crippen molar-refractivity contribution < 1.29 is 22.3 Å². The molecule has 2 aliphatic carbocycles. The van der Waals surface area contributed by atoms with Gasteiger partial charge in [-0.1, -0.05) is 6.42 Å². The first-order valence-electron chi connectivity index (χ1n) is 15.0. The molecule has 2 aromatic heterocycles. The number of aromatic nitrogens is 2. The zero-order valence-corrected chi connectivity index (χ0v) is 24.1. The molecule has 3 unspecified atom stereocenters. The summed E-state index contributed by atoms with van der Waals surface area (Å²) in [5, 5.41) is 0. The molecule has 12 heteroatoms. The number of hydrazine groups is 1. The van der Waals surface area contributed by atoms with Crippen LogP contribution in [0.15, 0.2) is 23.3 Å². The molecule has 4 aliphatic rings. The maximum Gasteiger partial charge on any atom is 0.418 e. The Balaban J connectivity index is 1.33. The van der Waals surface area contributed by atoms with E-state index in [-0.39, 0.29) is 35.3 Å². The number of imidazole rings is 1. The van der Waals surface area contributed by atoms with Gasteiger partial charge in [-0.3, -0.25) is 18.8 Å². The smallest absolute Gasteiger partial charge is 0.381 e. The minimum Gasteiger partial charge on any atom is -0.381 e. The fraction of sp³-hybridized carbons (Fsp3) is 0.759. The van der Waals surface area contributed by atoms with Gasteiger partial charge in [0.05, 0.1) is 30.0 Å². The van der Waals surface area contributed by atoms with Gasteiger partial charge in [-0.2, -0.15) is 13.2 Å². The van der Waals surface area contributed by atoms with Crippen molar-refractivity contribution in [2.75, 3.05) is 33.9 Å². The fourth-order valence-corrected chi connectivity index (χ4v) is 8.14. The molecule has 4 fully saturated rings. The monoisotopic (exact) mass is 582 g/mol. The van der Waals surface area contributed by atoms with Crippen molar-refractivity contribution in [2.45, 2.75) is 95.0 Å². The SMILES string of the molecule is COC1CC(C2CCCC(n3cc4c(C(F)(F)F)cc([C@@H](C)N5CCC(F)CC5)cn4c3=O)C2)(C2NNCN2C)C1. The zero-order valence-electron chi connectivity index (χ0n) is 24.1. The molecule has 2 N–H and O–H groups in total. The molecule has 2 saturated heterocycles. The molecule has 6 rings (SSSR count). The summed E-state index contributed by atoms with van der Waals surface area (Å²) in [5.41, 5.74) is 5.74. The number of piperidine rings is 1. The maximum atomic E-state index is 14.4. The third kappa shape index (κ3) is 5.13. The molecule has 41 heavy (non-hydrogen) atoms. The van der Waals surface area contributed by atoms with Gasteiger partial charge < -0.3 is 4.74 Å². The number of fused-ring (bicyclic) bond motifs is 1. The van der Waals surface area contributed by atoms with Gasteiger partial charge >= 0.3 is 11.9 Å². The van der Waals surface area contributed by atoms with E-state index in [9.17, 15) is 22.4 Å². The highest BCUT2D eigenvalue weighted by molar-refractivity contribution is 5.56. The highest BCUT2D eigenvalue weighted by Crippen LogP contribution is 2.57.